The van der Waals surface area contributed by atoms with E-state index in [1.165, 1.54) is 11.3 Å². The fraction of sp³-hybridized carbons (Fsp3) is 0.538. The van der Waals surface area contributed by atoms with E-state index in [4.69, 9.17) is 5.11 Å². The van der Waals surface area contributed by atoms with Crippen LogP contribution in [0.4, 0.5) is 10.5 Å². The minimum Gasteiger partial charge on any atom is -0.481 e. The molecule has 1 aliphatic carbocycles. The zero-order valence-corrected chi connectivity index (χ0v) is 11.4. The zero-order valence-electron chi connectivity index (χ0n) is 10.6. The highest BCUT2D eigenvalue weighted by Crippen LogP contribution is 2.29. The molecule has 5 nitrogen and oxygen atoms in total. The molecule has 1 aromatic heterocycles. The van der Waals surface area contributed by atoms with Gasteiger partial charge >= 0.3 is 12.0 Å². The lowest BCUT2D eigenvalue weighted by Crippen LogP contribution is -2.38. The maximum absolute atomic E-state index is 11.7. The van der Waals surface area contributed by atoms with Crippen LogP contribution in [-0.2, 0) is 4.79 Å². The van der Waals surface area contributed by atoms with E-state index < -0.39 is 5.97 Å². The van der Waals surface area contributed by atoms with E-state index in [0.29, 0.717) is 13.0 Å². The number of nitrogens with one attached hydrogen (secondary N) is 2. The van der Waals surface area contributed by atoms with Gasteiger partial charge in [0.05, 0.1) is 11.6 Å². The number of amides is 2. The van der Waals surface area contributed by atoms with Gasteiger partial charge in [0.25, 0.3) is 0 Å². The number of carboxylic acid groups (broad SMARTS) is 1. The summed E-state index contributed by atoms with van der Waals surface area (Å²) in [6.07, 6.45) is 3.60. The van der Waals surface area contributed by atoms with Crippen molar-refractivity contribution in [2.75, 3.05) is 11.9 Å². The van der Waals surface area contributed by atoms with Crippen molar-refractivity contribution in [3.63, 3.8) is 0 Å². The fourth-order valence-corrected chi connectivity index (χ4v) is 3.10. The molecule has 1 aliphatic rings. The molecular weight excluding hydrogens is 264 g/mol. The lowest BCUT2D eigenvalue weighted by Gasteiger charge is -2.28. The van der Waals surface area contributed by atoms with Gasteiger partial charge in [0.1, 0.15) is 0 Å². The van der Waals surface area contributed by atoms with Crippen LogP contribution >= 0.6 is 11.3 Å². The first-order valence-electron chi connectivity index (χ1n) is 6.46. The third kappa shape index (κ3) is 3.96. The van der Waals surface area contributed by atoms with Crippen LogP contribution in [0.2, 0.25) is 0 Å². The lowest BCUT2D eigenvalue weighted by molar-refractivity contribution is -0.144. The monoisotopic (exact) mass is 282 g/mol. The Kier molecular flexibility index (Phi) is 4.79. The van der Waals surface area contributed by atoms with Gasteiger partial charge in [-0.15, -0.1) is 0 Å². The van der Waals surface area contributed by atoms with Gasteiger partial charge in [-0.25, -0.2) is 4.79 Å². The van der Waals surface area contributed by atoms with Crippen molar-refractivity contribution in [1.82, 2.24) is 5.32 Å². The van der Waals surface area contributed by atoms with E-state index in [-0.39, 0.29) is 17.9 Å². The molecule has 1 fully saturated rings. The fourth-order valence-electron chi connectivity index (χ4n) is 2.51. The van der Waals surface area contributed by atoms with E-state index in [9.17, 15) is 9.59 Å². The second-order valence-corrected chi connectivity index (χ2v) is 5.62. The molecule has 19 heavy (non-hydrogen) atoms. The standard InChI is InChI=1S/C13H18N2O3S/c16-12(17)11-4-2-1-3-9(11)7-14-13(18)15-10-5-6-19-8-10/h5-6,8-9,11H,1-4,7H2,(H,16,17)(H2,14,15,18). The van der Waals surface area contributed by atoms with E-state index in [0.717, 1.165) is 24.9 Å². The number of anilines is 1. The number of hydrogen-bond acceptors (Lipinski definition) is 3. The molecule has 0 aromatic carbocycles. The molecule has 0 spiro atoms. The van der Waals surface area contributed by atoms with Crippen LogP contribution in [0.25, 0.3) is 0 Å². The molecule has 6 heteroatoms. The summed E-state index contributed by atoms with van der Waals surface area (Å²) in [6, 6.07) is 1.55. The molecule has 0 saturated heterocycles. The Morgan fingerprint density at radius 1 is 1.37 bits per heavy atom. The van der Waals surface area contributed by atoms with Gasteiger partial charge < -0.3 is 15.7 Å². The van der Waals surface area contributed by atoms with Gasteiger partial charge in [-0.1, -0.05) is 12.8 Å². The number of rotatable bonds is 4. The van der Waals surface area contributed by atoms with Gasteiger partial charge in [-0.3, -0.25) is 4.79 Å². The summed E-state index contributed by atoms with van der Waals surface area (Å²) >= 11 is 1.51. The Bertz CT molecular complexity index is 433. The van der Waals surface area contributed by atoms with Crippen LogP contribution in [0.1, 0.15) is 25.7 Å². The number of thiophene rings is 1. The van der Waals surface area contributed by atoms with Crippen molar-refractivity contribution in [2.45, 2.75) is 25.7 Å². The molecule has 104 valence electrons. The molecule has 2 atom stereocenters. The largest absolute Gasteiger partial charge is 0.481 e. The Labute approximate surface area is 116 Å². The molecule has 0 aliphatic heterocycles. The van der Waals surface area contributed by atoms with Crippen molar-refractivity contribution in [1.29, 1.82) is 0 Å². The van der Waals surface area contributed by atoms with Crippen LogP contribution in [0.5, 0.6) is 0 Å². The number of aliphatic carboxylic acids is 1. The number of hydrogen-bond donors (Lipinski definition) is 3. The van der Waals surface area contributed by atoms with Crippen molar-refractivity contribution < 1.29 is 14.7 Å². The summed E-state index contributed by atoms with van der Waals surface area (Å²) in [5.74, 6) is -1.03. The molecule has 3 N–H and O–H groups in total. The van der Waals surface area contributed by atoms with Crippen molar-refractivity contribution in [2.24, 2.45) is 11.8 Å². The molecule has 2 rings (SSSR count). The van der Waals surface area contributed by atoms with Crippen molar-refractivity contribution in [3.05, 3.63) is 16.8 Å². The predicted molar refractivity (Wildman–Crippen MR) is 74.4 cm³/mol. The molecule has 2 amide bonds. The van der Waals surface area contributed by atoms with Gasteiger partial charge in [-0.05, 0) is 30.2 Å². The Morgan fingerprint density at radius 2 is 2.16 bits per heavy atom. The predicted octanol–water partition coefficient (Wildman–Crippen LogP) is 2.76. The summed E-state index contributed by atoms with van der Waals surface area (Å²) in [4.78, 5) is 22.8. The van der Waals surface area contributed by atoms with E-state index in [1.807, 2.05) is 16.8 Å². The summed E-state index contributed by atoms with van der Waals surface area (Å²) < 4.78 is 0. The maximum Gasteiger partial charge on any atom is 0.319 e. The molecule has 1 saturated carbocycles. The van der Waals surface area contributed by atoms with Gasteiger partial charge in [0.2, 0.25) is 0 Å². The van der Waals surface area contributed by atoms with Gasteiger partial charge in [-0.2, -0.15) is 11.3 Å². The van der Waals surface area contributed by atoms with E-state index in [2.05, 4.69) is 10.6 Å². The topological polar surface area (TPSA) is 78.4 Å². The third-order valence-electron chi connectivity index (χ3n) is 3.53. The summed E-state index contributed by atoms with van der Waals surface area (Å²) in [5, 5.41) is 18.4. The van der Waals surface area contributed by atoms with Crippen molar-refractivity contribution >= 4 is 29.0 Å². The second-order valence-electron chi connectivity index (χ2n) is 4.84. The molecule has 1 aromatic rings. The molecular formula is C13H18N2O3S. The van der Waals surface area contributed by atoms with E-state index >= 15 is 0 Å². The normalized spacial score (nSPS) is 22.7. The first-order chi connectivity index (χ1) is 9.16. The molecule has 1 heterocycles. The van der Waals surface area contributed by atoms with E-state index in [1.54, 1.807) is 0 Å². The molecule has 0 radical (unpaired) electrons. The first kappa shape index (κ1) is 13.9. The van der Waals surface area contributed by atoms with Crippen LogP contribution < -0.4 is 10.6 Å². The highest BCUT2D eigenvalue weighted by molar-refractivity contribution is 7.08. The van der Waals surface area contributed by atoms with Crippen LogP contribution in [-0.4, -0.2) is 23.7 Å². The minimum absolute atomic E-state index is 0.0412. The first-order valence-corrected chi connectivity index (χ1v) is 7.41. The highest BCUT2D eigenvalue weighted by Gasteiger charge is 2.30. The van der Waals surface area contributed by atoms with Crippen molar-refractivity contribution in [3.8, 4) is 0 Å². The van der Waals surface area contributed by atoms with Crippen LogP contribution in [0.3, 0.4) is 0 Å². The third-order valence-corrected chi connectivity index (χ3v) is 4.21. The maximum atomic E-state index is 11.7. The number of carboxylic acids is 1. The number of carbonyl (C=O) groups excluding carboxylic acids is 1. The van der Waals surface area contributed by atoms with Crippen LogP contribution in [0.15, 0.2) is 16.8 Å². The highest BCUT2D eigenvalue weighted by atomic mass is 32.1. The average molecular weight is 282 g/mol. The Hall–Kier alpha value is -1.56. The Balaban J connectivity index is 1.80. The quantitative estimate of drug-likeness (QED) is 0.794. The summed E-state index contributed by atoms with van der Waals surface area (Å²) in [6.45, 7) is 0.424. The van der Waals surface area contributed by atoms with Gasteiger partial charge in [0.15, 0.2) is 0 Å². The molecule has 0 bridgehead atoms. The zero-order chi connectivity index (χ0) is 13.7. The SMILES string of the molecule is O=C(NCC1CCCCC1C(=O)O)Nc1ccsc1. The number of urea groups is 1. The minimum atomic E-state index is -0.746. The summed E-state index contributed by atoms with van der Waals surface area (Å²) in [5.41, 5.74) is 0.765. The second kappa shape index (κ2) is 6.56. The average Bonchev–Trinajstić information content (AvgIpc) is 2.89. The van der Waals surface area contributed by atoms with Gasteiger partial charge in [0, 0.05) is 11.9 Å². The molecule has 2 unspecified atom stereocenters. The summed E-state index contributed by atoms with van der Waals surface area (Å²) in [7, 11) is 0. The Morgan fingerprint density at radius 3 is 2.84 bits per heavy atom. The number of carbonyl (C=O) groups is 2. The van der Waals surface area contributed by atoms with Crippen LogP contribution in [0, 0.1) is 11.8 Å². The smallest absolute Gasteiger partial charge is 0.319 e. The lowest BCUT2D eigenvalue weighted by atomic mass is 9.79.